The van der Waals surface area contributed by atoms with Crippen LogP contribution < -0.4 is 9.80 Å². The van der Waals surface area contributed by atoms with Gasteiger partial charge >= 0.3 is 0 Å². The summed E-state index contributed by atoms with van der Waals surface area (Å²) >= 11 is 1.38. The molecule has 0 atom stereocenters. The number of para-hydroxylation sites is 1. The second kappa shape index (κ2) is 7.92. The number of rotatable bonds is 4. The molecule has 4 heterocycles. The molecule has 0 N–H and O–H groups in total. The van der Waals surface area contributed by atoms with Gasteiger partial charge in [0.2, 0.25) is 5.95 Å². The minimum atomic E-state index is -0.609. The van der Waals surface area contributed by atoms with Crippen LogP contribution in [0.5, 0.6) is 0 Å². The minimum Gasteiger partial charge on any atom is -0.363 e. The van der Waals surface area contributed by atoms with E-state index in [-0.39, 0.29) is 5.69 Å². The molecular weight excluding hydrogens is 417 g/mol. The molecule has 5 rings (SSSR count). The van der Waals surface area contributed by atoms with E-state index in [2.05, 4.69) is 9.97 Å². The second-order valence-electron chi connectivity index (χ2n) is 7.12. The average Bonchev–Trinajstić information content (AvgIpc) is 3.41. The molecule has 9 heteroatoms. The average molecular weight is 435 g/mol. The molecule has 2 aromatic heterocycles. The van der Waals surface area contributed by atoms with Gasteiger partial charge in [0, 0.05) is 43.4 Å². The van der Waals surface area contributed by atoms with Crippen LogP contribution in [0.1, 0.15) is 4.88 Å². The number of amides is 2. The number of hydrogen-bond donors (Lipinski definition) is 0. The van der Waals surface area contributed by atoms with E-state index in [9.17, 15) is 14.0 Å². The van der Waals surface area contributed by atoms with Crippen molar-refractivity contribution in [1.82, 2.24) is 14.9 Å². The zero-order valence-corrected chi connectivity index (χ0v) is 17.3. The Kier molecular flexibility index (Phi) is 4.95. The smallest absolute Gasteiger partial charge is 0.282 e. The van der Waals surface area contributed by atoms with Crippen LogP contribution in [-0.4, -0.2) is 52.9 Å². The Morgan fingerprint density at radius 1 is 0.839 bits per heavy atom. The first kappa shape index (κ1) is 19.4. The van der Waals surface area contributed by atoms with E-state index in [1.807, 2.05) is 27.3 Å². The van der Waals surface area contributed by atoms with E-state index in [0.29, 0.717) is 48.3 Å². The summed E-state index contributed by atoms with van der Waals surface area (Å²) in [7, 11) is 0. The normalized spacial score (nSPS) is 17.1. The highest BCUT2D eigenvalue weighted by Crippen LogP contribution is 2.37. The van der Waals surface area contributed by atoms with Crippen LogP contribution >= 0.6 is 11.3 Å². The largest absolute Gasteiger partial charge is 0.363 e. The maximum atomic E-state index is 14.5. The molecular formula is C22H18FN5O2S. The summed E-state index contributed by atoms with van der Waals surface area (Å²) in [5, 5.41) is 1.86. The Labute approximate surface area is 182 Å². The van der Waals surface area contributed by atoms with Crippen molar-refractivity contribution in [3.63, 3.8) is 0 Å². The van der Waals surface area contributed by atoms with Crippen LogP contribution in [-0.2, 0) is 9.59 Å². The Morgan fingerprint density at radius 2 is 1.55 bits per heavy atom. The predicted molar refractivity (Wildman–Crippen MR) is 116 cm³/mol. The molecule has 0 spiro atoms. The molecule has 0 unspecified atom stereocenters. The highest BCUT2D eigenvalue weighted by atomic mass is 32.1. The summed E-state index contributed by atoms with van der Waals surface area (Å²) in [5.41, 5.74) is 0.620. The molecule has 2 aliphatic rings. The highest BCUT2D eigenvalue weighted by Gasteiger charge is 2.44. The first-order valence-corrected chi connectivity index (χ1v) is 10.7. The van der Waals surface area contributed by atoms with Crippen LogP contribution in [0.2, 0.25) is 0 Å². The van der Waals surface area contributed by atoms with Gasteiger partial charge in [-0.15, -0.1) is 11.3 Å². The fraction of sp³-hybridized carbons (Fsp3) is 0.182. The zero-order valence-electron chi connectivity index (χ0n) is 16.4. The van der Waals surface area contributed by atoms with Gasteiger partial charge in [-0.25, -0.2) is 19.3 Å². The van der Waals surface area contributed by atoms with E-state index in [4.69, 9.17) is 0 Å². The number of piperazine rings is 1. The Balaban J connectivity index is 1.49. The molecule has 1 saturated heterocycles. The highest BCUT2D eigenvalue weighted by molar-refractivity contribution is 7.11. The number of carbonyl (C=O) groups is 2. The number of thiophene rings is 1. The van der Waals surface area contributed by atoms with Crippen LogP contribution in [0.25, 0.3) is 5.57 Å². The molecule has 0 radical (unpaired) electrons. The van der Waals surface area contributed by atoms with Gasteiger partial charge in [-0.2, -0.15) is 0 Å². The lowest BCUT2D eigenvalue weighted by Crippen LogP contribution is -2.48. The molecule has 2 aliphatic heterocycles. The Bertz CT molecular complexity index is 1160. The van der Waals surface area contributed by atoms with Crippen molar-refractivity contribution < 1.29 is 14.0 Å². The quantitative estimate of drug-likeness (QED) is 0.587. The van der Waals surface area contributed by atoms with Gasteiger partial charge in [-0.1, -0.05) is 18.2 Å². The van der Waals surface area contributed by atoms with E-state index < -0.39 is 17.6 Å². The second-order valence-corrected chi connectivity index (χ2v) is 8.07. The monoisotopic (exact) mass is 435 g/mol. The topological polar surface area (TPSA) is 69.6 Å². The van der Waals surface area contributed by atoms with E-state index in [1.54, 1.807) is 24.5 Å². The summed E-state index contributed by atoms with van der Waals surface area (Å²) in [6.45, 7) is 2.25. The van der Waals surface area contributed by atoms with Gasteiger partial charge in [0.1, 0.15) is 11.5 Å². The number of nitrogens with zero attached hydrogens (tertiary/aromatic N) is 5. The van der Waals surface area contributed by atoms with Gasteiger partial charge in [0.15, 0.2) is 0 Å². The molecule has 31 heavy (non-hydrogen) atoms. The molecule has 7 nitrogen and oxygen atoms in total. The molecule has 1 fully saturated rings. The molecule has 156 valence electrons. The Morgan fingerprint density at radius 3 is 2.23 bits per heavy atom. The fourth-order valence-corrected chi connectivity index (χ4v) is 4.65. The summed E-state index contributed by atoms with van der Waals surface area (Å²) in [4.78, 5) is 40.9. The molecule has 3 aromatic rings. The first-order valence-electron chi connectivity index (χ1n) is 9.83. The molecule has 2 amide bonds. The molecule has 0 aliphatic carbocycles. The van der Waals surface area contributed by atoms with Crippen molar-refractivity contribution in [2.45, 2.75) is 0 Å². The van der Waals surface area contributed by atoms with Crippen molar-refractivity contribution in [2.75, 3.05) is 36.0 Å². The lowest BCUT2D eigenvalue weighted by molar-refractivity contribution is -0.120. The van der Waals surface area contributed by atoms with Gasteiger partial charge in [0.25, 0.3) is 11.8 Å². The number of hydrogen-bond acceptors (Lipinski definition) is 7. The lowest BCUT2D eigenvalue weighted by Gasteiger charge is -2.36. The number of imide groups is 1. The SMILES string of the molecule is O=C1C(c2cccs2)=C(N2CCN(c3ncccn3)CC2)C(=O)N1c1ccccc1F. The number of benzene rings is 1. The third-order valence-electron chi connectivity index (χ3n) is 5.35. The summed E-state index contributed by atoms with van der Waals surface area (Å²) < 4.78 is 14.5. The summed E-state index contributed by atoms with van der Waals surface area (Å²) in [5.74, 6) is -0.970. The lowest BCUT2D eigenvalue weighted by atomic mass is 10.1. The number of anilines is 2. The Hall–Kier alpha value is -3.59. The van der Waals surface area contributed by atoms with Crippen molar-refractivity contribution in [3.8, 4) is 0 Å². The third kappa shape index (κ3) is 3.36. The fourth-order valence-electron chi connectivity index (χ4n) is 3.89. The maximum Gasteiger partial charge on any atom is 0.282 e. The summed E-state index contributed by atoms with van der Waals surface area (Å²) in [6, 6.07) is 11.2. The number of halogens is 1. The van der Waals surface area contributed by atoms with E-state index in [1.165, 1.54) is 29.5 Å². The van der Waals surface area contributed by atoms with Crippen LogP contribution in [0, 0.1) is 5.82 Å². The van der Waals surface area contributed by atoms with Crippen LogP contribution in [0.3, 0.4) is 0 Å². The van der Waals surface area contributed by atoms with Crippen LogP contribution in [0.4, 0.5) is 16.0 Å². The van der Waals surface area contributed by atoms with Gasteiger partial charge in [0.05, 0.1) is 11.3 Å². The molecule has 0 saturated carbocycles. The van der Waals surface area contributed by atoms with Gasteiger partial charge in [-0.05, 0) is 29.6 Å². The van der Waals surface area contributed by atoms with Crippen molar-refractivity contribution in [1.29, 1.82) is 0 Å². The number of aromatic nitrogens is 2. The van der Waals surface area contributed by atoms with Crippen molar-refractivity contribution in [2.24, 2.45) is 0 Å². The number of carbonyl (C=O) groups excluding carboxylic acids is 2. The summed E-state index contributed by atoms with van der Waals surface area (Å²) in [6.07, 6.45) is 3.38. The van der Waals surface area contributed by atoms with Crippen LogP contribution in [0.15, 0.2) is 65.9 Å². The van der Waals surface area contributed by atoms with Crippen molar-refractivity contribution >= 4 is 40.4 Å². The maximum absolute atomic E-state index is 14.5. The first-order chi connectivity index (χ1) is 15.1. The van der Waals surface area contributed by atoms with E-state index >= 15 is 0 Å². The van der Waals surface area contributed by atoms with E-state index in [0.717, 1.165) is 4.90 Å². The van der Waals surface area contributed by atoms with Gasteiger partial charge in [-0.3, -0.25) is 9.59 Å². The minimum absolute atomic E-state index is 0.0297. The molecule has 0 bridgehead atoms. The third-order valence-corrected chi connectivity index (χ3v) is 6.24. The molecule has 1 aromatic carbocycles. The van der Waals surface area contributed by atoms with Gasteiger partial charge < -0.3 is 9.80 Å². The standard InChI is InChI=1S/C22H18FN5O2S/c23-15-5-1-2-6-16(15)28-20(29)18(17-7-3-14-31-17)19(21(28)30)26-10-12-27(13-11-26)22-24-8-4-9-25-22/h1-9,14H,10-13H2. The zero-order chi connectivity index (χ0) is 21.4. The van der Waals surface area contributed by atoms with Crippen molar-refractivity contribution in [3.05, 3.63) is 76.6 Å². The predicted octanol–water partition coefficient (Wildman–Crippen LogP) is 2.78.